The van der Waals surface area contributed by atoms with Gasteiger partial charge in [-0.2, -0.15) is 0 Å². The van der Waals surface area contributed by atoms with Crippen LogP contribution in [0.3, 0.4) is 0 Å². The molecule has 0 unspecified atom stereocenters. The smallest absolute Gasteiger partial charge is 0.220 e. The molecule has 0 bridgehead atoms. The van der Waals surface area contributed by atoms with Gasteiger partial charge in [0, 0.05) is 32.5 Å². The van der Waals surface area contributed by atoms with E-state index < -0.39 is 45.3 Å². The van der Waals surface area contributed by atoms with Crippen LogP contribution in [0.15, 0.2) is 78.9 Å². The number of hydrogen-bond donors (Lipinski definition) is 2. The third-order valence-corrected chi connectivity index (χ3v) is 10.1. The summed E-state index contributed by atoms with van der Waals surface area (Å²) in [6.45, 7) is 11.3. The van der Waals surface area contributed by atoms with Crippen LogP contribution in [0.5, 0.6) is 11.5 Å². The number of rotatable bonds is 11. The van der Waals surface area contributed by atoms with Crippen LogP contribution in [0.25, 0.3) is 0 Å². The molecule has 1 fully saturated rings. The maximum absolute atomic E-state index is 12.0. The van der Waals surface area contributed by atoms with Crippen LogP contribution in [0.4, 0.5) is 5.69 Å². The van der Waals surface area contributed by atoms with Crippen molar-refractivity contribution >= 4 is 15.5 Å². The highest BCUT2D eigenvalue weighted by Gasteiger charge is 2.63. The average Bonchev–Trinajstić information content (AvgIpc) is 3.05. The van der Waals surface area contributed by atoms with E-state index in [1.807, 2.05) is 78.9 Å². The molecule has 0 aromatic heterocycles. The number of ether oxygens (including phenoxy) is 6. The Morgan fingerprint density at radius 3 is 1.96 bits per heavy atom. The van der Waals surface area contributed by atoms with E-state index in [0.29, 0.717) is 24.7 Å². The molecule has 244 valence electrons. The Morgan fingerprint density at radius 1 is 0.844 bits per heavy atom. The molecule has 0 aliphatic carbocycles. The second-order valence-electron chi connectivity index (χ2n) is 13.0. The van der Waals surface area contributed by atoms with Gasteiger partial charge >= 0.3 is 0 Å². The maximum Gasteiger partial charge on any atom is 0.220 e. The molecular formula is C35H47NO8Si. The van der Waals surface area contributed by atoms with Gasteiger partial charge in [0.05, 0.1) is 0 Å². The van der Waals surface area contributed by atoms with E-state index in [1.165, 1.54) is 0 Å². The fourth-order valence-electron chi connectivity index (χ4n) is 5.84. The summed E-state index contributed by atoms with van der Waals surface area (Å²) in [4.78, 5) is 0. The van der Waals surface area contributed by atoms with Gasteiger partial charge in [-0.1, -0.05) is 81.4 Å². The van der Waals surface area contributed by atoms with Crippen molar-refractivity contribution in [2.75, 3.05) is 39.3 Å². The standard InChI is InChI=1S/C35H47NO8Si/c1-32(2,3)45-44-35(24-14-10-8-11-15-24,25-16-12-9-13-17-25)31-30(42-33(4,38-6)34(5,39-7)43-31)27(37)23-36-26-18-19-28-29(22-26)41-21-20-40-28/h8-19,22,27,30-31,36-37H,20-21,23,45H2,1-7H3/t27-,30-,31-,33+,34+/m0/s1. The molecule has 5 rings (SSSR count). The molecule has 5 atom stereocenters. The molecule has 0 saturated carbocycles. The minimum absolute atomic E-state index is 0.0517. The van der Waals surface area contributed by atoms with Crippen molar-refractivity contribution < 1.29 is 38.0 Å². The lowest BCUT2D eigenvalue weighted by Crippen LogP contribution is -2.71. The molecule has 2 heterocycles. The zero-order chi connectivity index (χ0) is 32.3. The van der Waals surface area contributed by atoms with E-state index in [2.05, 4.69) is 26.1 Å². The third-order valence-electron chi connectivity index (χ3n) is 8.59. The lowest BCUT2D eigenvalue weighted by Gasteiger charge is -2.57. The monoisotopic (exact) mass is 637 g/mol. The fraction of sp³-hybridized carbons (Fsp3) is 0.486. The summed E-state index contributed by atoms with van der Waals surface area (Å²) >= 11 is 0. The van der Waals surface area contributed by atoms with Gasteiger partial charge in [-0.05, 0) is 42.1 Å². The first-order valence-corrected chi connectivity index (χ1v) is 16.8. The predicted molar refractivity (Wildman–Crippen MR) is 176 cm³/mol. The number of benzene rings is 3. The minimum Gasteiger partial charge on any atom is -0.486 e. The average molecular weight is 638 g/mol. The van der Waals surface area contributed by atoms with Gasteiger partial charge in [0.15, 0.2) is 21.3 Å². The lowest BCUT2D eigenvalue weighted by atomic mass is 9.77. The molecule has 0 radical (unpaired) electrons. The molecule has 2 aliphatic rings. The zero-order valence-electron chi connectivity index (χ0n) is 27.4. The minimum atomic E-state index is -1.36. The summed E-state index contributed by atoms with van der Waals surface area (Å²) in [6.07, 6.45) is -2.84. The molecule has 0 amide bonds. The van der Waals surface area contributed by atoms with Crippen LogP contribution in [0.2, 0.25) is 5.04 Å². The molecule has 2 aliphatic heterocycles. The van der Waals surface area contributed by atoms with Gasteiger partial charge in [-0.3, -0.25) is 0 Å². The fourth-order valence-corrected chi connectivity index (χ4v) is 7.00. The normalized spacial score (nSPS) is 26.1. The first-order chi connectivity index (χ1) is 21.4. The Labute approximate surface area is 269 Å². The first-order valence-electron chi connectivity index (χ1n) is 15.5. The number of fused-ring (bicyclic) bond motifs is 1. The summed E-state index contributed by atoms with van der Waals surface area (Å²) < 4.78 is 44.4. The Morgan fingerprint density at radius 2 is 1.40 bits per heavy atom. The van der Waals surface area contributed by atoms with Crippen molar-refractivity contribution in [1.82, 2.24) is 0 Å². The van der Waals surface area contributed by atoms with E-state index >= 15 is 0 Å². The van der Waals surface area contributed by atoms with Crippen molar-refractivity contribution in [3.8, 4) is 11.5 Å². The highest BCUT2D eigenvalue weighted by atomic mass is 28.2. The largest absolute Gasteiger partial charge is 0.486 e. The summed E-state index contributed by atoms with van der Waals surface area (Å²) in [5.41, 5.74) is 1.40. The molecule has 3 aromatic carbocycles. The Kier molecular flexibility index (Phi) is 9.95. The third kappa shape index (κ3) is 6.78. The quantitative estimate of drug-likeness (QED) is 0.282. The lowest BCUT2D eigenvalue weighted by molar-refractivity contribution is -0.463. The molecule has 10 heteroatoms. The van der Waals surface area contributed by atoms with Gasteiger partial charge in [0.2, 0.25) is 11.6 Å². The Bertz CT molecular complexity index is 1360. The second-order valence-corrected chi connectivity index (χ2v) is 15.7. The van der Waals surface area contributed by atoms with Gasteiger partial charge in [-0.25, -0.2) is 0 Å². The Balaban J connectivity index is 1.61. The van der Waals surface area contributed by atoms with Crippen molar-refractivity contribution in [2.45, 2.75) is 75.1 Å². The topological polar surface area (TPSA) is 96.9 Å². The van der Waals surface area contributed by atoms with E-state index in [9.17, 15) is 5.11 Å². The Hall–Kier alpha value is -2.96. The summed E-state index contributed by atoms with van der Waals surface area (Å²) in [6, 6.07) is 25.7. The number of hydrogen-bond acceptors (Lipinski definition) is 9. The molecule has 3 aromatic rings. The van der Waals surface area contributed by atoms with Gasteiger partial charge < -0.3 is 43.3 Å². The van der Waals surface area contributed by atoms with E-state index in [-0.39, 0.29) is 11.6 Å². The molecular weight excluding hydrogens is 590 g/mol. The number of anilines is 1. The maximum atomic E-state index is 12.0. The second kappa shape index (κ2) is 13.4. The van der Waals surface area contributed by atoms with Crippen LogP contribution in [0, 0.1) is 0 Å². The highest BCUT2D eigenvalue weighted by molar-refractivity contribution is 6.32. The van der Waals surface area contributed by atoms with Crippen molar-refractivity contribution in [3.63, 3.8) is 0 Å². The highest BCUT2D eigenvalue weighted by Crippen LogP contribution is 2.50. The summed E-state index contributed by atoms with van der Waals surface area (Å²) in [7, 11) is 1.91. The van der Waals surface area contributed by atoms with Crippen LogP contribution in [-0.4, -0.2) is 78.7 Å². The summed E-state index contributed by atoms with van der Waals surface area (Å²) in [5, 5.41) is 15.3. The van der Waals surface area contributed by atoms with E-state index in [4.69, 9.17) is 32.8 Å². The molecule has 9 nitrogen and oxygen atoms in total. The van der Waals surface area contributed by atoms with Crippen LogP contribution >= 0.6 is 0 Å². The molecule has 1 saturated heterocycles. The molecule has 0 spiro atoms. The zero-order valence-corrected chi connectivity index (χ0v) is 28.8. The van der Waals surface area contributed by atoms with Crippen molar-refractivity contribution in [3.05, 3.63) is 90.0 Å². The molecule has 45 heavy (non-hydrogen) atoms. The van der Waals surface area contributed by atoms with E-state index in [0.717, 1.165) is 16.8 Å². The van der Waals surface area contributed by atoms with Crippen LogP contribution < -0.4 is 14.8 Å². The van der Waals surface area contributed by atoms with Gasteiger partial charge in [0.25, 0.3) is 0 Å². The van der Waals surface area contributed by atoms with E-state index in [1.54, 1.807) is 28.1 Å². The SMILES string of the molecule is CO[C@]1(C)O[C@@H]([C@@H](O)CNc2ccc3c(c2)OCCO3)[C@@H](C(O[SiH2]C(C)(C)C)(c2ccccc2)c2ccccc2)O[C@@]1(C)OC. The number of aliphatic hydroxyl groups excluding tert-OH is 1. The summed E-state index contributed by atoms with van der Waals surface area (Å²) in [5.74, 6) is -1.36. The van der Waals surface area contributed by atoms with Crippen LogP contribution in [-0.2, 0) is 29.0 Å². The molecule has 2 N–H and O–H groups in total. The number of methoxy groups -OCH3 is 2. The van der Waals surface area contributed by atoms with Crippen molar-refractivity contribution in [2.24, 2.45) is 0 Å². The predicted octanol–water partition coefficient (Wildman–Crippen LogP) is 5.00. The van der Waals surface area contributed by atoms with Gasteiger partial charge in [-0.15, -0.1) is 0 Å². The van der Waals surface area contributed by atoms with Gasteiger partial charge in [0.1, 0.15) is 37.1 Å². The van der Waals surface area contributed by atoms with Crippen LogP contribution in [0.1, 0.15) is 45.7 Å². The number of nitrogens with one attached hydrogen (secondary N) is 1. The number of aliphatic hydroxyl groups is 1. The van der Waals surface area contributed by atoms with Crippen molar-refractivity contribution in [1.29, 1.82) is 0 Å². The first kappa shape index (κ1) is 33.4.